The fraction of sp³-hybridized carbons (Fsp3) is 0.786. The molecular weight excluding hydrogens is 210 g/mol. The van der Waals surface area contributed by atoms with Crippen LogP contribution in [0.15, 0.2) is 12.3 Å². The van der Waals surface area contributed by atoms with Gasteiger partial charge in [0.2, 0.25) is 0 Å². The van der Waals surface area contributed by atoms with Crippen LogP contribution in [0.3, 0.4) is 0 Å². The quantitative estimate of drug-likeness (QED) is 0.869. The Kier molecular flexibility index (Phi) is 2.85. The third-order valence-corrected chi connectivity index (χ3v) is 4.94. The average Bonchev–Trinajstić information content (AvgIpc) is 2.56. The Morgan fingerprint density at radius 1 is 1.35 bits per heavy atom. The van der Waals surface area contributed by atoms with Gasteiger partial charge in [-0.3, -0.25) is 4.68 Å². The van der Waals surface area contributed by atoms with Gasteiger partial charge in [-0.1, -0.05) is 34.6 Å². The zero-order valence-electron chi connectivity index (χ0n) is 11.9. The lowest BCUT2D eigenvalue weighted by Gasteiger charge is -2.18. The largest absolute Gasteiger partial charge is 0.309 e. The first kappa shape index (κ1) is 12.6. The van der Waals surface area contributed by atoms with Crippen LogP contribution < -0.4 is 5.32 Å². The van der Waals surface area contributed by atoms with Gasteiger partial charge in [0, 0.05) is 13.2 Å². The number of hydrogen-bond donors (Lipinski definition) is 1. The Morgan fingerprint density at radius 3 is 2.29 bits per heavy atom. The van der Waals surface area contributed by atoms with Crippen molar-refractivity contribution in [2.45, 2.75) is 40.7 Å². The molecule has 3 nitrogen and oxygen atoms in total. The highest BCUT2D eigenvalue weighted by Gasteiger charge is 2.67. The van der Waals surface area contributed by atoms with E-state index < -0.39 is 0 Å². The highest BCUT2D eigenvalue weighted by molar-refractivity contribution is 5.22. The standard InChI is InChI=1S/C14H25N3/c1-7-15-11(10-8-9-17(6)16-10)12-13(2,3)14(12,4)5/h8-9,11-12,15H,7H2,1-6H3. The molecule has 0 aromatic carbocycles. The molecule has 2 rings (SSSR count). The van der Waals surface area contributed by atoms with E-state index in [4.69, 9.17) is 0 Å². The first-order valence-electron chi connectivity index (χ1n) is 6.55. The van der Waals surface area contributed by atoms with Crippen LogP contribution in [0.25, 0.3) is 0 Å². The Morgan fingerprint density at radius 2 is 1.94 bits per heavy atom. The van der Waals surface area contributed by atoms with E-state index in [9.17, 15) is 0 Å². The third-order valence-electron chi connectivity index (χ3n) is 4.94. The van der Waals surface area contributed by atoms with Gasteiger partial charge < -0.3 is 5.32 Å². The Bertz CT molecular complexity index is 389. The Hall–Kier alpha value is -0.830. The van der Waals surface area contributed by atoms with Crippen LogP contribution in [0.1, 0.15) is 46.4 Å². The molecule has 1 atom stereocenters. The molecule has 1 N–H and O–H groups in total. The topological polar surface area (TPSA) is 29.9 Å². The molecule has 1 aliphatic carbocycles. The summed E-state index contributed by atoms with van der Waals surface area (Å²) in [5.41, 5.74) is 1.95. The van der Waals surface area contributed by atoms with Crippen molar-refractivity contribution in [3.63, 3.8) is 0 Å². The molecule has 3 heteroatoms. The fourth-order valence-corrected chi connectivity index (χ4v) is 3.29. The van der Waals surface area contributed by atoms with Crippen LogP contribution in [0, 0.1) is 16.7 Å². The lowest BCUT2D eigenvalue weighted by atomic mass is 10.0. The SMILES string of the molecule is CCNC(c1ccn(C)n1)C1C(C)(C)C1(C)C. The predicted octanol–water partition coefficient (Wildman–Crippen LogP) is 2.75. The summed E-state index contributed by atoms with van der Waals surface area (Å²) < 4.78 is 1.89. The molecule has 0 saturated heterocycles. The van der Waals surface area contributed by atoms with Crippen LogP contribution in [-0.4, -0.2) is 16.3 Å². The maximum atomic E-state index is 4.58. The third kappa shape index (κ3) is 1.81. The van der Waals surface area contributed by atoms with Crippen molar-refractivity contribution in [2.75, 3.05) is 6.54 Å². The van der Waals surface area contributed by atoms with Gasteiger partial charge in [-0.25, -0.2) is 0 Å². The summed E-state index contributed by atoms with van der Waals surface area (Å²) in [6, 6.07) is 2.52. The molecule has 0 radical (unpaired) electrons. The van der Waals surface area contributed by atoms with Crippen LogP contribution in [0.5, 0.6) is 0 Å². The van der Waals surface area contributed by atoms with Crippen molar-refractivity contribution in [1.29, 1.82) is 0 Å². The zero-order chi connectivity index (χ0) is 12.8. The van der Waals surface area contributed by atoms with Gasteiger partial charge in [0.15, 0.2) is 0 Å². The summed E-state index contributed by atoms with van der Waals surface area (Å²) in [5, 5.41) is 8.19. The number of aryl methyl sites for hydroxylation is 1. The molecule has 17 heavy (non-hydrogen) atoms. The predicted molar refractivity (Wildman–Crippen MR) is 70.7 cm³/mol. The first-order chi connectivity index (χ1) is 7.82. The number of aromatic nitrogens is 2. The summed E-state index contributed by atoms with van der Waals surface area (Å²) >= 11 is 0. The van der Waals surface area contributed by atoms with E-state index >= 15 is 0 Å². The number of nitrogens with one attached hydrogen (secondary N) is 1. The van der Waals surface area contributed by atoms with Gasteiger partial charge in [-0.15, -0.1) is 0 Å². The maximum Gasteiger partial charge on any atom is 0.0797 e. The molecule has 1 aliphatic rings. The second-order valence-electron chi connectivity index (χ2n) is 6.37. The van der Waals surface area contributed by atoms with Crippen molar-refractivity contribution < 1.29 is 0 Å². The number of hydrogen-bond acceptors (Lipinski definition) is 2. The van der Waals surface area contributed by atoms with Gasteiger partial charge in [0.25, 0.3) is 0 Å². The smallest absolute Gasteiger partial charge is 0.0797 e. The van der Waals surface area contributed by atoms with Crippen LogP contribution in [-0.2, 0) is 7.05 Å². The van der Waals surface area contributed by atoms with Crippen molar-refractivity contribution in [3.8, 4) is 0 Å². The lowest BCUT2D eigenvalue weighted by molar-refractivity contribution is 0.407. The lowest BCUT2D eigenvalue weighted by Crippen LogP contribution is -2.25. The summed E-state index contributed by atoms with van der Waals surface area (Å²) in [7, 11) is 1.98. The van der Waals surface area contributed by atoms with Gasteiger partial charge in [0.1, 0.15) is 0 Å². The van der Waals surface area contributed by atoms with E-state index in [2.05, 4.69) is 51.1 Å². The van der Waals surface area contributed by atoms with Crippen molar-refractivity contribution in [1.82, 2.24) is 15.1 Å². The van der Waals surface area contributed by atoms with E-state index in [1.54, 1.807) is 0 Å². The van der Waals surface area contributed by atoms with E-state index in [0.717, 1.165) is 6.54 Å². The van der Waals surface area contributed by atoms with E-state index in [1.165, 1.54) is 5.69 Å². The number of rotatable bonds is 4. The normalized spacial score (nSPS) is 23.6. The molecular formula is C14H25N3. The van der Waals surface area contributed by atoms with Gasteiger partial charge in [0.05, 0.1) is 11.7 Å². The zero-order valence-corrected chi connectivity index (χ0v) is 11.9. The second-order valence-corrected chi connectivity index (χ2v) is 6.37. The van der Waals surface area contributed by atoms with E-state index in [-0.39, 0.29) is 0 Å². The fourth-order valence-electron chi connectivity index (χ4n) is 3.29. The van der Waals surface area contributed by atoms with Gasteiger partial charge in [-0.05, 0) is 29.4 Å². The average molecular weight is 235 g/mol. The minimum Gasteiger partial charge on any atom is -0.309 e. The van der Waals surface area contributed by atoms with Gasteiger partial charge in [-0.2, -0.15) is 5.10 Å². The van der Waals surface area contributed by atoms with Crippen LogP contribution >= 0.6 is 0 Å². The molecule has 0 bridgehead atoms. The molecule has 0 aliphatic heterocycles. The summed E-state index contributed by atoms with van der Waals surface area (Å²) in [6.07, 6.45) is 2.03. The molecule has 0 spiro atoms. The molecule has 1 saturated carbocycles. The molecule has 0 amide bonds. The van der Waals surface area contributed by atoms with Gasteiger partial charge >= 0.3 is 0 Å². The van der Waals surface area contributed by atoms with Crippen molar-refractivity contribution >= 4 is 0 Å². The monoisotopic (exact) mass is 235 g/mol. The second kappa shape index (κ2) is 3.84. The summed E-state index contributed by atoms with van der Waals surface area (Å²) in [6.45, 7) is 12.6. The summed E-state index contributed by atoms with van der Waals surface area (Å²) in [4.78, 5) is 0. The molecule has 1 fully saturated rings. The van der Waals surface area contributed by atoms with E-state index in [1.807, 2.05) is 17.9 Å². The van der Waals surface area contributed by atoms with Crippen LogP contribution in [0.2, 0.25) is 0 Å². The minimum absolute atomic E-state index is 0.381. The highest BCUT2D eigenvalue weighted by atomic mass is 15.3. The van der Waals surface area contributed by atoms with Crippen molar-refractivity contribution in [3.05, 3.63) is 18.0 Å². The molecule has 1 aromatic heterocycles. The molecule has 1 unspecified atom stereocenters. The first-order valence-corrected chi connectivity index (χ1v) is 6.55. The highest BCUT2D eigenvalue weighted by Crippen LogP contribution is 2.72. The Balaban J connectivity index is 2.26. The van der Waals surface area contributed by atoms with Crippen molar-refractivity contribution in [2.24, 2.45) is 23.8 Å². The molecule has 96 valence electrons. The van der Waals surface area contributed by atoms with E-state index in [0.29, 0.717) is 22.8 Å². The molecule has 1 aromatic rings. The maximum absolute atomic E-state index is 4.58. The minimum atomic E-state index is 0.381. The molecule has 1 heterocycles. The number of nitrogens with zero attached hydrogens (tertiary/aromatic N) is 2. The Labute approximate surface area is 105 Å². The summed E-state index contributed by atoms with van der Waals surface area (Å²) in [5.74, 6) is 0.657. The van der Waals surface area contributed by atoms with Crippen LogP contribution in [0.4, 0.5) is 0 Å².